The summed E-state index contributed by atoms with van der Waals surface area (Å²) in [5, 5.41) is 3.29. The third-order valence-corrected chi connectivity index (χ3v) is 2.96. The number of aromatic nitrogens is 1. The second-order valence-corrected chi connectivity index (χ2v) is 4.64. The number of nitrogens with zero attached hydrogens (tertiary/aromatic N) is 1. The molecular weight excluding hydrogens is 253 g/mol. The van der Waals surface area contributed by atoms with Gasteiger partial charge in [-0.1, -0.05) is 20.3 Å². The third kappa shape index (κ3) is 5.19. The molecule has 1 heterocycles. The topological polar surface area (TPSA) is 24.9 Å². The monoisotopic (exact) mass is 274 g/mol. The molecule has 1 unspecified atom stereocenters. The fourth-order valence-corrected chi connectivity index (χ4v) is 2.07. The number of nitrogens with one attached hydrogen (secondary N) is 1. The minimum Gasteiger partial charge on any atom is -0.314 e. The van der Waals surface area contributed by atoms with Gasteiger partial charge in [-0.25, -0.2) is 0 Å². The fraction of sp³-hybridized carbons (Fsp3) is 0.643. The second-order valence-electron chi connectivity index (χ2n) is 4.64. The maximum atomic E-state index is 12.9. The molecule has 0 aromatic carbocycles. The van der Waals surface area contributed by atoms with Crippen LogP contribution in [0.15, 0.2) is 18.3 Å². The van der Waals surface area contributed by atoms with Gasteiger partial charge < -0.3 is 5.32 Å². The molecule has 1 rings (SSSR count). The Kier molecular flexibility index (Phi) is 6.28. The van der Waals surface area contributed by atoms with Gasteiger partial charge in [0.25, 0.3) is 0 Å². The highest BCUT2D eigenvalue weighted by molar-refractivity contribution is 5.23. The molecule has 1 N–H and O–H groups in total. The lowest BCUT2D eigenvalue weighted by molar-refractivity contribution is -0.138. The Morgan fingerprint density at radius 1 is 1.26 bits per heavy atom. The number of pyridine rings is 1. The number of alkyl halides is 3. The SMILES string of the molecule is CCCNC(CCC)Cc1ncccc1C(F)(F)F. The summed E-state index contributed by atoms with van der Waals surface area (Å²) in [6.45, 7) is 4.89. The van der Waals surface area contributed by atoms with Gasteiger partial charge in [-0.2, -0.15) is 13.2 Å². The second kappa shape index (κ2) is 7.48. The van der Waals surface area contributed by atoms with Crippen molar-refractivity contribution >= 4 is 0 Å². The maximum absolute atomic E-state index is 12.9. The molecule has 0 aliphatic heterocycles. The van der Waals surface area contributed by atoms with E-state index < -0.39 is 11.7 Å². The van der Waals surface area contributed by atoms with Crippen LogP contribution in [0.2, 0.25) is 0 Å². The molecule has 1 aromatic rings. The van der Waals surface area contributed by atoms with Gasteiger partial charge in [-0.15, -0.1) is 0 Å². The standard InChI is InChI=1S/C14H21F3N2/c1-3-6-11(18-8-4-2)10-13-12(14(15,16)17)7-5-9-19-13/h5,7,9,11,18H,3-4,6,8,10H2,1-2H3. The molecule has 0 bridgehead atoms. The van der Waals surface area contributed by atoms with E-state index in [1.165, 1.54) is 12.3 Å². The Morgan fingerprint density at radius 2 is 2.00 bits per heavy atom. The highest BCUT2D eigenvalue weighted by Gasteiger charge is 2.34. The molecule has 0 aliphatic carbocycles. The summed E-state index contributed by atoms with van der Waals surface area (Å²) in [4.78, 5) is 3.92. The number of rotatable bonds is 7. The van der Waals surface area contributed by atoms with Crippen LogP contribution in [0.3, 0.4) is 0 Å². The summed E-state index contributed by atoms with van der Waals surface area (Å²) >= 11 is 0. The maximum Gasteiger partial charge on any atom is 0.418 e. The van der Waals surface area contributed by atoms with Crippen LogP contribution in [0.25, 0.3) is 0 Å². The van der Waals surface area contributed by atoms with E-state index in [0.29, 0.717) is 6.42 Å². The van der Waals surface area contributed by atoms with E-state index in [-0.39, 0.29) is 11.7 Å². The highest BCUT2D eigenvalue weighted by atomic mass is 19.4. The van der Waals surface area contributed by atoms with Crippen molar-refractivity contribution < 1.29 is 13.2 Å². The minimum atomic E-state index is -4.33. The highest BCUT2D eigenvalue weighted by Crippen LogP contribution is 2.31. The number of hydrogen-bond donors (Lipinski definition) is 1. The lowest BCUT2D eigenvalue weighted by Gasteiger charge is -2.19. The van der Waals surface area contributed by atoms with Crippen LogP contribution in [0.5, 0.6) is 0 Å². The quantitative estimate of drug-likeness (QED) is 0.817. The predicted octanol–water partition coefficient (Wildman–Crippen LogP) is 3.81. The van der Waals surface area contributed by atoms with Gasteiger partial charge in [0, 0.05) is 18.7 Å². The zero-order chi connectivity index (χ0) is 14.3. The first-order chi connectivity index (χ1) is 8.99. The average Bonchev–Trinajstić information content (AvgIpc) is 2.35. The summed E-state index contributed by atoms with van der Waals surface area (Å²) in [5.74, 6) is 0. The van der Waals surface area contributed by atoms with Crippen molar-refractivity contribution in [1.82, 2.24) is 10.3 Å². The van der Waals surface area contributed by atoms with Crippen molar-refractivity contribution in [3.8, 4) is 0 Å². The number of halogens is 3. The number of hydrogen-bond acceptors (Lipinski definition) is 2. The molecule has 0 saturated heterocycles. The van der Waals surface area contributed by atoms with Gasteiger partial charge >= 0.3 is 6.18 Å². The van der Waals surface area contributed by atoms with E-state index in [4.69, 9.17) is 0 Å². The fourth-order valence-electron chi connectivity index (χ4n) is 2.07. The Morgan fingerprint density at radius 3 is 2.58 bits per heavy atom. The van der Waals surface area contributed by atoms with Crippen molar-refractivity contribution in [2.24, 2.45) is 0 Å². The van der Waals surface area contributed by atoms with Crippen LogP contribution in [0, 0.1) is 0 Å². The van der Waals surface area contributed by atoms with Crippen LogP contribution in [0.1, 0.15) is 44.4 Å². The minimum absolute atomic E-state index is 0.0564. The van der Waals surface area contributed by atoms with Gasteiger partial charge in [-0.05, 0) is 31.5 Å². The molecule has 1 atom stereocenters. The first-order valence-corrected chi connectivity index (χ1v) is 6.73. The smallest absolute Gasteiger partial charge is 0.314 e. The molecule has 0 spiro atoms. The first kappa shape index (κ1) is 16.0. The van der Waals surface area contributed by atoms with Crippen LogP contribution in [-0.2, 0) is 12.6 Å². The summed E-state index contributed by atoms with van der Waals surface area (Å²) in [6.07, 6.45) is 0.181. The third-order valence-electron chi connectivity index (χ3n) is 2.96. The Balaban J connectivity index is 2.83. The molecule has 0 saturated carbocycles. The molecule has 1 aromatic heterocycles. The Hall–Kier alpha value is -1.10. The molecule has 0 fully saturated rings. The Bertz CT molecular complexity index is 377. The van der Waals surface area contributed by atoms with Crippen molar-refractivity contribution in [3.05, 3.63) is 29.6 Å². The normalized spacial score (nSPS) is 13.5. The Labute approximate surface area is 112 Å². The van der Waals surface area contributed by atoms with Crippen molar-refractivity contribution in [2.45, 2.75) is 51.7 Å². The molecule has 0 radical (unpaired) electrons. The van der Waals surface area contributed by atoms with E-state index in [2.05, 4.69) is 10.3 Å². The van der Waals surface area contributed by atoms with Crippen LogP contribution in [0.4, 0.5) is 13.2 Å². The molecule has 0 amide bonds. The van der Waals surface area contributed by atoms with E-state index in [1.807, 2.05) is 13.8 Å². The van der Waals surface area contributed by atoms with E-state index in [9.17, 15) is 13.2 Å². The van der Waals surface area contributed by atoms with E-state index >= 15 is 0 Å². The van der Waals surface area contributed by atoms with Gasteiger partial charge in [0.2, 0.25) is 0 Å². The van der Waals surface area contributed by atoms with Gasteiger partial charge in [0.1, 0.15) is 0 Å². The van der Waals surface area contributed by atoms with E-state index in [0.717, 1.165) is 31.9 Å². The van der Waals surface area contributed by atoms with Gasteiger partial charge in [0.15, 0.2) is 0 Å². The van der Waals surface area contributed by atoms with Crippen LogP contribution >= 0.6 is 0 Å². The summed E-state index contributed by atoms with van der Waals surface area (Å²) in [5.41, 5.74) is -0.480. The molecule has 0 aliphatic rings. The average molecular weight is 274 g/mol. The largest absolute Gasteiger partial charge is 0.418 e. The van der Waals surface area contributed by atoms with Crippen molar-refractivity contribution in [1.29, 1.82) is 0 Å². The van der Waals surface area contributed by atoms with Gasteiger partial charge in [0.05, 0.1) is 11.3 Å². The van der Waals surface area contributed by atoms with Crippen LogP contribution < -0.4 is 5.32 Å². The van der Waals surface area contributed by atoms with Gasteiger partial charge in [-0.3, -0.25) is 4.98 Å². The summed E-state index contributed by atoms with van der Waals surface area (Å²) in [7, 11) is 0. The predicted molar refractivity (Wildman–Crippen MR) is 69.9 cm³/mol. The summed E-state index contributed by atoms with van der Waals surface area (Å²) in [6, 6.07) is 2.49. The zero-order valence-electron chi connectivity index (χ0n) is 11.4. The molecule has 19 heavy (non-hydrogen) atoms. The lowest BCUT2D eigenvalue weighted by atomic mass is 10.0. The molecule has 108 valence electrons. The molecule has 2 nitrogen and oxygen atoms in total. The first-order valence-electron chi connectivity index (χ1n) is 6.73. The van der Waals surface area contributed by atoms with Crippen molar-refractivity contribution in [3.63, 3.8) is 0 Å². The van der Waals surface area contributed by atoms with Crippen molar-refractivity contribution in [2.75, 3.05) is 6.54 Å². The zero-order valence-corrected chi connectivity index (χ0v) is 11.4. The summed E-state index contributed by atoms with van der Waals surface area (Å²) < 4.78 is 38.6. The van der Waals surface area contributed by atoms with E-state index in [1.54, 1.807) is 0 Å². The molecule has 5 heteroatoms. The molecular formula is C14H21F3N2. The van der Waals surface area contributed by atoms with Crippen LogP contribution in [-0.4, -0.2) is 17.6 Å². The lowest BCUT2D eigenvalue weighted by Crippen LogP contribution is -2.32.